The average molecular weight is 235 g/mol. The van der Waals surface area contributed by atoms with Gasteiger partial charge in [0.15, 0.2) is 0 Å². The Morgan fingerprint density at radius 3 is 2.12 bits per heavy atom. The molecule has 17 heavy (non-hydrogen) atoms. The van der Waals surface area contributed by atoms with Crippen LogP contribution in [0.15, 0.2) is 12.3 Å². The van der Waals surface area contributed by atoms with Gasteiger partial charge in [-0.3, -0.25) is 0 Å². The molecule has 1 fully saturated rings. The number of aromatic nitrogens is 1. The van der Waals surface area contributed by atoms with E-state index in [-0.39, 0.29) is 11.2 Å². The zero-order chi connectivity index (χ0) is 12.8. The summed E-state index contributed by atoms with van der Waals surface area (Å²) in [4.78, 5) is 4.01. The van der Waals surface area contributed by atoms with Crippen LogP contribution in [0.4, 0.5) is 11.5 Å². The van der Waals surface area contributed by atoms with Crippen LogP contribution >= 0.6 is 0 Å². The Hall–Kier alpha value is -1.27. The first-order valence-corrected chi connectivity index (χ1v) is 5.59. The molecular weight excluding hydrogens is 217 g/mol. The van der Waals surface area contributed by atoms with Gasteiger partial charge in [-0.15, -0.1) is 0 Å². The van der Waals surface area contributed by atoms with E-state index in [0.717, 1.165) is 5.46 Å². The van der Waals surface area contributed by atoms with E-state index in [2.05, 4.69) is 4.98 Å². The Kier molecular flexibility index (Phi) is 2.59. The molecule has 1 saturated heterocycles. The number of pyridine rings is 1. The van der Waals surface area contributed by atoms with Crippen molar-refractivity contribution in [1.82, 2.24) is 4.98 Å². The third-order valence-electron chi connectivity index (χ3n) is 3.50. The zero-order valence-electron chi connectivity index (χ0n) is 10.7. The third-order valence-corrected chi connectivity index (χ3v) is 3.50. The van der Waals surface area contributed by atoms with Crippen LogP contribution in [-0.2, 0) is 9.31 Å². The van der Waals surface area contributed by atoms with Gasteiger partial charge in [0.25, 0.3) is 0 Å². The summed E-state index contributed by atoms with van der Waals surface area (Å²) in [6.07, 6.45) is 1.63. The van der Waals surface area contributed by atoms with E-state index in [4.69, 9.17) is 20.8 Å². The molecule has 0 aliphatic carbocycles. The molecule has 0 amide bonds. The van der Waals surface area contributed by atoms with Crippen molar-refractivity contribution in [3.05, 3.63) is 12.3 Å². The van der Waals surface area contributed by atoms with Gasteiger partial charge in [-0.2, -0.15) is 0 Å². The molecule has 1 aliphatic heterocycles. The molecule has 0 unspecified atom stereocenters. The van der Waals surface area contributed by atoms with E-state index in [9.17, 15) is 0 Å². The van der Waals surface area contributed by atoms with Gasteiger partial charge in [-0.1, -0.05) is 0 Å². The monoisotopic (exact) mass is 235 g/mol. The van der Waals surface area contributed by atoms with Crippen molar-refractivity contribution < 1.29 is 9.31 Å². The second-order valence-corrected chi connectivity index (χ2v) is 5.33. The third kappa shape index (κ3) is 1.98. The smallest absolute Gasteiger partial charge is 0.399 e. The summed E-state index contributed by atoms with van der Waals surface area (Å²) >= 11 is 0. The Balaban J connectivity index is 2.29. The fourth-order valence-electron chi connectivity index (χ4n) is 1.62. The average Bonchev–Trinajstić information content (AvgIpc) is 2.41. The number of hydrogen-bond donors (Lipinski definition) is 2. The predicted molar refractivity (Wildman–Crippen MR) is 68.8 cm³/mol. The summed E-state index contributed by atoms with van der Waals surface area (Å²) in [5.41, 5.74) is 11.8. The molecule has 1 aromatic heterocycles. The van der Waals surface area contributed by atoms with Gasteiger partial charge in [-0.25, -0.2) is 4.98 Å². The van der Waals surface area contributed by atoms with Crippen LogP contribution in [-0.4, -0.2) is 23.3 Å². The van der Waals surface area contributed by atoms with Gasteiger partial charge < -0.3 is 20.8 Å². The van der Waals surface area contributed by atoms with E-state index in [1.54, 1.807) is 12.3 Å². The highest BCUT2D eigenvalue weighted by Gasteiger charge is 2.51. The number of nitrogens with two attached hydrogens (primary N) is 2. The number of rotatable bonds is 1. The molecule has 0 saturated carbocycles. The maximum Gasteiger partial charge on any atom is 0.496 e. The topological polar surface area (TPSA) is 83.4 Å². The Bertz CT molecular complexity index is 432. The summed E-state index contributed by atoms with van der Waals surface area (Å²) in [6, 6.07) is 1.74. The summed E-state index contributed by atoms with van der Waals surface area (Å²) in [5, 5.41) is 0. The van der Waals surface area contributed by atoms with Crippen LogP contribution in [0.5, 0.6) is 0 Å². The van der Waals surface area contributed by atoms with Gasteiger partial charge in [-0.05, 0) is 33.8 Å². The number of anilines is 2. The van der Waals surface area contributed by atoms with Crippen LogP contribution in [0, 0.1) is 0 Å². The van der Waals surface area contributed by atoms with E-state index >= 15 is 0 Å². The van der Waals surface area contributed by atoms with Crippen molar-refractivity contribution in [3.63, 3.8) is 0 Å². The second kappa shape index (κ2) is 3.61. The minimum absolute atomic E-state index is 0.324. The minimum Gasteiger partial charge on any atom is -0.399 e. The van der Waals surface area contributed by atoms with Gasteiger partial charge in [0, 0.05) is 11.7 Å². The van der Waals surface area contributed by atoms with Crippen molar-refractivity contribution in [2.45, 2.75) is 38.9 Å². The molecule has 5 nitrogen and oxygen atoms in total. The molecule has 0 atom stereocenters. The molecule has 92 valence electrons. The molecule has 1 aliphatic rings. The van der Waals surface area contributed by atoms with Crippen LogP contribution < -0.4 is 16.9 Å². The maximum atomic E-state index is 5.89. The SMILES string of the molecule is CC1(C)OB(c2cnc(N)c(N)c2)OC1(C)C. The van der Waals surface area contributed by atoms with E-state index in [1.165, 1.54) is 0 Å². The number of hydrogen-bond acceptors (Lipinski definition) is 5. The van der Waals surface area contributed by atoms with Crippen LogP contribution in [0.3, 0.4) is 0 Å². The summed E-state index contributed by atoms with van der Waals surface area (Å²) < 4.78 is 11.8. The number of nitrogens with zero attached hydrogens (tertiary/aromatic N) is 1. The molecule has 4 N–H and O–H groups in total. The lowest BCUT2D eigenvalue weighted by atomic mass is 9.80. The molecule has 0 aromatic carbocycles. The van der Waals surface area contributed by atoms with Crippen molar-refractivity contribution >= 4 is 24.1 Å². The quantitative estimate of drug-likeness (QED) is 0.694. The fourth-order valence-corrected chi connectivity index (χ4v) is 1.62. The highest BCUT2D eigenvalue weighted by molar-refractivity contribution is 6.62. The Morgan fingerprint density at radius 1 is 1.12 bits per heavy atom. The molecule has 2 heterocycles. The van der Waals surface area contributed by atoms with Crippen molar-refractivity contribution in [1.29, 1.82) is 0 Å². The van der Waals surface area contributed by atoms with Gasteiger partial charge in [0.1, 0.15) is 5.82 Å². The summed E-state index contributed by atoms with van der Waals surface area (Å²) in [6.45, 7) is 8.00. The summed E-state index contributed by atoms with van der Waals surface area (Å²) in [5.74, 6) is 0.324. The summed E-state index contributed by atoms with van der Waals surface area (Å²) in [7, 11) is -0.449. The normalized spacial score (nSPS) is 21.8. The van der Waals surface area contributed by atoms with Crippen LogP contribution in [0.25, 0.3) is 0 Å². The Morgan fingerprint density at radius 2 is 1.65 bits per heavy atom. The van der Waals surface area contributed by atoms with Gasteiger partial charge in [0.05, 0.1) is 16.9 Å². The first-order chi connectivity index (χ1) is 7.73. The minimum atomic E-state index is -0.449. The lowest BCUT2D eigenvalue weighted by Gasteiger charge is -2.32. The van der Waals surface area contributed by atoms with Gasteiger partial charge in [0.2, 0.25) is 0 Å². The molecule has 0 radical (unpaired) electrons. The highest BCUT2D eigenvalue weighted by Crippen LogP contribution is 2.36. The largest absolute Gasteiger partial charge is 0.496 e. The lowest BCUT2D eigenvalue weighted by molar-refractivity contribution is 0.00578. The standard InChI is InChI=1S/C11H18BN3O2/c1-10(2)11(3,4)17-12(16-10)7-5-8(13)9(14)15-6-7/h5-6H,13H2,1-4H3,(H2,14,15). The van der Waals surface area contributed by atoms with E-state index < -0.39 is 7.12 Å². The molecule has 0 spiro atoms. The van der Waals surface area contributed by atoms with Gasteiger partial charge >= 0.3 is 7.12 Å². The maximum absolute atomic E-state index is 5.89. The highest BCUT2D eigenvalue weighted by atomic mass is 16.7. The first-order valence-electron chi connectivity index (χ1n) is 5.59. The fraction of sp³-hybridized carbons (Fsp3) is 0.545. The Labute approximate surface area is 102 Å². The molecule has 6 heteroatoms. The van der Waals surface area contributed by atoms with Crippen molar-refractivity contribution in [2.24, 2.45) is 0 Å². The van der Waals surface area contributed by atoms with Crippen molar-refractivity contribution in [2.75, 3.05) is 11.5 Å². The van der Waals surface area contributed by atoms with E-state index in [0.29, 0.717) is 11.5 Å². The first kappa shape index (κ1) is 12.2. The molecule has 1 aromatic rings. The lowest BCUT2D eigenvalue weighted by Crippen LogP contribution is -2.41. The number of nitrogen functional groups attached to an aromatic ring is 2. The molecular formula is C11H18BN3O2. The van der Waals surface area contributed by atoms with Crippen LogP contribution in [0.1, 0.15) is 27.7 Å². The molecule has 0 bridgehead atoms. The zero-order valence-corrected chi connectivity index (χ0v) is 10.7. The van der Waals surface area contributed by atoms with E-state index in [1.807, 2.05) is 27.7 Å². The molecule has 2 rings (SSSR count). The van der Waals surface area contributed by atoms with Crippen molar-refractivity contribution in [3.8, 4) is 0 Å². The second-order valence-electron chi connectivity index (χ2n) is 5.33. The van der Waals surface area contributed by atoms with Crippen LogP contribution in [0.2, 0.25) is 0 Å². The predicted octanol–water partition coefficient (Wildman–Crippen LogP) is 0.545.